The highest BCUT2D eigenvalue weighted by molar-refractivity contribution is 9.10. The first-order chi connectivity index (χ1) is 8.56. The van der Waals surface area contributed by atoms with Crippen LogP contribution in [0.1, 0.15) is 18.4 Å². The molecule has 0 atom stereocenters. The SMILES string of the molecule is Cc1c(Br)cccc1NC(=O)NCC1(CO)CC1. The smallest absolute Gasteiger partial charge is 0.319 e. The monoisotopic (exact) mass is 312 g/mol. The fraction of sp³-hybridized carbons (Fsp3) is 0.462. The van der Waals surface area contributed by atoms with E-state index in [0.29, 0.717) is 6.54 Å². The van der Waals surface area contributed by atoms with Gasteiger partial charge in [0.2, 0.25) is 0 Å². The molecular weight excluding hydrogens is 296 g/mol. The third-order valence-corrected chi connectivity index (χ3v) is 4.29. The van der Waals surface area contributed by atoms with Gasteiger partial charge in [-0.1, -0.05) is 22.0 Å². The summed E-state index contributed by atoms with van der Waals surface area (Å²) in [5.41, 5.74) is 1.72. The van der Waals surface area contributed by atoms with Gasteiger partial charge in [0.05, 0.1) is 6.61 Å². The summed E-state index contributed by atoms with van der Waals surface area (Å²) in [4.78, 5) is 11.7. The highest BCUT2D eigenvalue weighted by atomic mass is 79.9. The molecule has 1 aromatic rings. The van der Waals surface area contributed by atoms with Crippen molar-refractivity contribution < 1.29 is 9.90 Å². The number of urea groups is 1. The molecule has 1 aliphatic rings. The van der Waals surface area contributed by atoms with E-state index in [1.54, 1.807) is 0 Å². The maximum absolute atomic E-state index is 11.7. The van der Waals surface area contributed by atoms with E-state index in [0.717, 1.165) is 28.6 Å². The minimum Gasteiger partial charge on any atom is -0.396 e. The number of anilines is 1. The number of rotatable bonds is 4. The molecule has 1 aliphatic carbocycles. The number of carbonyl (C=O) groups excluding carboxylic acids is 1. The largest absolute Gasteiger partial charge is 0.396 e. The fourth-order valence-corrected chi connectivity index (χ4v) is 2.11. The van der Waals surface area contributed by atoms with Gasteiger partial charge >= 0.3 is 6.03 Å². The van der Waals surface area contributed by atoms with E-state index in [4.69, 9.17) is 5.11 Å². The topological polar surface area (TPSA) is 61.4 Å². The van der Waals surface area contributed by atoms with Crippen molar-refractivity contribution in [2.75, 3.05) is 18.5 Å². The van der Waals surface area contributed by atoms with E-state index in [-0.39, 0.29) is 18.1 Å². The number of aliphatic hydroxyl groups excluding tert-OH is 1. The molecule has 4 nitrogen and oxygen atoms in total. The standard InChI is InChI=1S/C13H17BrN2O2/c1-9-10(14)3-2-4-11(9)16-12(18)15-7-13(8-17)5-6-13/h2-4,17H,5-8H2,1H3,(H2,15,16,18). The van der Waals surface area contributed by atoms with Crippen molar-refractivity contribution in [1.82, 2.24) is 5.32 Å². The van der Waals surface area contributed by atoms with Gasteiger partial charge in [-0.05, 0) is 37.5 Å². The third kappa shape index (κ3) is 3.03. The molecule has 2 rings (SSSR count). The zero-order chi connectivity index (χ0) is 13.2. The van der Waals surface area contributed by atoms with Gasteiger partial charge in [0, 0.05) is 22.1 Å². The van der Waals surface area contributed by atoms with E-state index in [1.165, 1.54) is 0 Å². The molecule has 0 spiro atoms. The summed E-state index contributed by atoms with van der Waals surface area (Å²) in [6.07, 6.45) is 1.97. The first-order valence-corrected chi connectivity index (χ1v) is 6.76. The van der Waals surface area contributed by atoms with Gasteiger partial charge < -0.3 is 15.7 Å². The van der Waals surface area contributed by atoms with Crippen LogP contribution in [0.25, 0.3) is 0 Å². The van der Waals surface area contributed by atoms with Crippen molar-refractivity contribution >= 4 is 27.6 Å². The molecule has 0 radical (unpaired) electrons. The van der Waals surface area contributed by atoms with Crippen LogP contribution in [0.15, 0.2) is 22.7 Å². The second-order valence-corrected chi connectivity index (χ2v) is 5.73. The maximum atomic E-state index is 11.7. The minimum atomic E-state index is -0.226. The van der Waals surface area contributed by atoms with Crippen molar-refractivity contribution in [3.05, 3.63) is 28.2 Å². The van der Waals surface area contributed by atoms with E-state index < -0.39 is 0 Å². The molecule has 2 amide bonds. The normalized spacial score (nSPS) is 16.2. The van der Waals surface area contributed by atoms with Gasteiger partial charge in [-0.15, -0.1) is 0 Å². The molecule has 0 aromatic heterocycles. The fourth-order valence-electron chi connectivity index (χ4n) is 1.74. The summed E-state index contributed by atoms with van der Waals surface area (Å²) in [5.74, 6) is 0. The number of aliphatic hydroxyl groups is 1. The molecule has 1 aromatic carbocycles. The van der Waals surface area contributed by atoms with E-state index in [2.05, 4.69) is 26.6 Å². The van der Waals surface area contributed by atoms with Crippen LogP contribution in [0, 0.1) is 12.3 Å². The van der Waals surface area contributed by atoms with Crippen LogP contribution in [0.5, 0.6) is 0 Å². The lowest BCUT2D eigenvalue weighted by molar-refractivity contribution is 0.206. The lowest BCUT2D eigenvalue weighted by Crippen LogP contribution is -2.35. The predicted octanol–water partition coefficient (Wildman–Crippen LogP) is 2.65. The van der Waals surface area contributed by atoms with Gasteiger partial charge in [-0.2, -0.15) is 0 Å². The molecule has 5 heteroatoms. The van der Waals surface area contributed by atoms with Crippen LogP contribution in [-0.2, 0) is 0 Å². The zero-order valence-corrected chi connectivity index (χ0v) is 11.9. The molecule has 0 heterocycles. The van der Waals surface area contributed by atoms with Gasteiger partial charge in [0.15, 0.2) is 0 Å². The third-order valence-electron chi connectivity index (χ3n) is 3.43. The summed E-state index contributed by atoms with van der Waals surface area (Å²) in [5, 5.41) is 14.8. The molecule has 98 valence electrons. The number of nitrogens with one attached hydrogen (secondary N) is 2. The average Bonchev–Trinajstić information content (AvgIpc) is 3.13. The Hall–Kier alpha value is -1.07. The number of amides is 2. The van der Waals surface area contributed by atoms with Crippen molar-refractivity contribution in [3.8, 4) is 0 Å². The highest BCUT2D eigenvalue weighted by Crippen LogP contribution is 2.44. The van der Waals surface area contributed by atoms with Gasteiger partial charge in [-0.25, -0.2) is 4.79 Å². The van der Waals surface area contributed by atoms with Gasteiger partial charge in [-0.3, -0.25) is 0 Å². The van der Waals surface area contributed by atoms with Crippen molar-refractivity contribution in [2.24, 2.45) is 5.41 Å². The Bertz CT molecular complexity index is 458. The molecule has 1 saturated carbocycles. The Morgan fingerprint density at radius 2 is 2.22 bits per heavy atom. The summed E-state index contributed by atoms with van der Waals surface area (Å²) in [6, 6.07) is 5.45. The van der Waals surface area contributed by atoms with Crippen molar-refractivity contribution in [2.45, 2.75) is 19.8 Å². The Morgan fingerprint density at radius 1 is 1.50 bits per heavy atom. The predicted molar refractivity (Wildman–Crippen MR) is 74.7 cm³/mol. The number of hydrogen-bond donors (Lipinski definition) is 3. The molecule has 0 bridgehead atoms. The Morgan fingerprint density at radius 3 is 2.83 bits per heavy atom. The van der Waals surface area contributed by atoms with Crippen LogP contribution in [0.4, 0.5) is 10.5 Å². The van der Waals surface area contributed by atoms with Crippen LogP contribution in [-0.4, -0.2) is 24.3 Å². The number of carbonyl (C=O) groups is 1. The summed E-state index contributed by atoms with van der Waals surface area (Å²) in [7, 11) is 0. The summed E-state index contributed by atoms with van der Waals surface area (Å²) >= 11 is 3.42. The van der Waals surface area contributed by atoms with Crippen LogP contribution >= 0.6 is 15.9 Å². The van der Waals surface area contributed by atoms with E-state index in [1.807, 2.05) is 25.1 Å². The van der Waals surface area contributed by atoms with E-state index in [9.17, 15) is 4.79 Å². The Kier molecular flexibility index (Phi) is 3.92. The van der Waals surface area contributed by atoms with Crippen LogP contribution in [0.3, 0.4) is 0 Å². The zero-order valence-electron chi connectivity index (χ0n) is 10.3. The van der Waals surface area contributed by atoms with Crippen molar-refractivity contribution in [3.63, 3.8) is 0 Å². The first kappa shape index (κ1) is 13.4. The van der Waals surface area contributed by atoms with Gasteiger partial charge in [0.25, 0.3) is 0 Å². The molecule has 3 N–H and O–H groups in total. The van der Waals surface area contributed by atoms with Crippen molar-refractivity contribution in [1.29, 1.82) is 0 Å². The number of benzene rings is 1. The van der Waals surface area contributed by atoms with Crippen LogP contribution < -0.4 is 10.6 Å². The average molecular weight is 313 g/mol. The molecular formula is C13H17BrN2O2. The second kappa shape index (κ2) is 5.28. The summed E-state index contributed by atoms with van der Waals surface area (Å²) in [6.45, 7) is 2.61. The molecule has 18 heavy (non-hydrogen) atoms. The molecule has 0 saturated heterocycles. The lowest BCUT2D eigenvalue weighted by Gasteiger charge is -2.14. The van der Waals surface area contributed by atoms with Crippen LogP contribution in [0.2, 0.25) is 0 Å². The molecule has 1 fully saturated rings. The maximum Gasteiger partial charge on any atom is 0.319 e. The Balaban J connectivity index is 1.89. The Labute approximate surface area is 115 Å². The number of halogens is 1. The molecule has 0 unspecified atom stereocenters. The number of hydrogen-bond acceptors (Lipinski definition) is 2. The first-order valence-electron chi connectivity index (χ1n) is 5.97. The minimum absolute atomic E-state index is 0.0658. The van der Waals surface area contributed by atoms with E-state index >= 15 is 0 Å². The lowest BCUT2D eigenvalue weighted by atomic mass is 10.1. The highest BCUT2D eigenvalue weighted by Gasteiger charge is 2.42. The van der Waals surface area contributed by atoms with Gasteiger partial charge in [0.1, 0.15) is 0 Å². The molecule has 0 aliphatic heterocycles. The summed E-state index contributed by atoms with van der Waals surface area (Å²) < 4.78 is 0.967. The second-order valence-electron chi connectivity index (χ2n) is 4.88. The quantitative estimate of drug-likeness (QED) is 0.800.